The van der Waals surface area contributed by atoms with Gasteiger partial charge in [-0.1, -0.05) is 6.08 Å². The number of carbonyl (C=O) groups is 1. The Hall–Kier alpha value is -4.45. The number of hydrogen-bond donors (Lipinski definition) is 1. The molecule has 6 rings (SSSR count). The fourth-order valence-electron chi connectivity index (χ4n) is 5.25. The van der Waals surface area contributed by atoms with Crippen LogP contribution >= 0.6 is 0 Å². The van der Waals surface area contributed by atoms with Gasteiger partial charge in [0.25, 0.3) is 5.91 Å². The third-order valence-corrected chi connectivity index (χ3v) is 7.41. The van der Waals surface area contributed by atoms with Gasteiger partial charge in [0, 0.05) is 61.7 Å². The smallest absolute Gasteiger partial charge is 0.336 e. The molecule has 41 heavy (non-hydrogen) atoms. The van der Waals surface area contributed by atoms with Crippen molar-refractivity contribution in [2.45, 2.75) is 43.9 Å². The van der Waals surface area contributed by atoms with Gasteiger partial charge in [-0.3, -0.25) is 14.3 Å². The minimum Gasteiger partial charge on any atom is -0.336 e. The summed E-state index contributed by atoms with van der Waals surface area (Å²) < 4.78 is 40.5. The van der Waals surface area contributed by atoms with Crippen molar-refractivity contribution >= 4 is 11.5 Å². The summed E-state index contributed by atoms with van der Waals surface area (Å²) in [5.74, 6) is 0.452. The van der Waals surface area contributed by atoms with Crippen LogP contribution in [0.1, 0.15) is 47.4 Å². The number of alkyl halides is 3. The van der Waals surface area contributed by atoms with Crippen molar-refractivity contribution in [3.8, 4) is 17.2 Å². The molecule has 1 saturated heterocycles. The van der Waals surface area contributed by atoms with Crippen LogP contribution in [0, 0.1) is 0 Å². The van der Waals surface area contributed by atoms with E-state index in [0.717, 1.165) is 55.3 Å². The number of imidazole rings is 1. The van der Waals surface area contributed by atoms with Gasteiger partial charge in [-0.25, -0.2) is 19.9 Å². The number of nitrogens with zero attached hydrogens (tertiary/aromatic N) is 7. The molecule has 1 aliphatic heterocycles. The van der Waals surface area contributed by atoms with Crippen LogP contribution in [0.5, 0.6) is 0 Å². The predicted molar refractivity (Wildman–Crippen MR) is 145 cm³/mol. The maximum atomic E-state index is 13.1. The fourth-order valence-corrected chi connectivity index (χ4v) is 5.25. The van der Waals surface area contributed by atoms with E-state index in [1.165, 1.54) is 22.7 Å². The molecule has 1 aliphatic carbocycles. The Bertz CT molecular complexity index is 1550. The van der Waals surface area contributed by atoms with Gasteiger partial charge in [0.1, 0.15) is 17.8 Å². The first-order chi connectivity index (χ1) is 19.8. The van der Waals surface area contributed by atoms with Crippen molar-refractivity contribution < 1.29 is 18.0 Å². The van der Waals surface area contributed by atoms with Gasteiger partial charge in [0.2, 0.25) is 0 Å². The molecular weight excluding hydrogens is 533 g/mol. The quantitative estimate of drug-likeness (QED) is 0.368. The Morgan fingerprint density at radius 1 is 0.976 bits per heavy atom. The van der Waals surface area contributed by atoms with Crippen molar-refractivity contribution in [2.24, 2.45) is 0 Å². The lowest BCUT2D eigenvalue weighted by atomic mass is 9.92. The van der Waals surface area contributed by atoms with Gasteiger partial charge in [-0.05, 0) is 61.6 Å². The topological polar surface area (TPSA) is 102 Å². The highest BCUT2D eigenvalue weighted by Crippen LogP contribution is 2.30. The van der Waals surface area contributed by atoms with Crippen LogP contribution in [-0.4, -0.2) is 65.5 Å². The second-order valence-electron chi connectivity index (χ2n) is 10.2. The molecule has 210 valence electrons. The van der Waals surface area contributed by atoms with Gasteiger partial charge in [-0.2, -0.15) is 13.2 Å². The molecule has 4 aromatic rings. The van der Waals surface area contributed by atoms with Crippen LogP contribution in [0.25, 0.3) is 22.8 Å². The molecular formula is C29H27F3N8O. The molecule has 0 aromatic carbocycles. The van der Waals surface area contributed by atoms with Crippen LogP contribution in [0.15, 0.2) is 73.7 Å². The number of rotatable bonds is 6. The highest BCUT2D eigenvalue weighted by Gasteiger charge is 2.32. The lowest BCUT2D eigenvalue weighted by molar-refractivity contribution is -0.137. The summed E-state index contributed by atoms with van der Waals surface area (Å²) in [6, 6.07) is 8.09. The third-order valence-electron chi connectivity index (χ3n) is 7.41. The second kappa shape index (κ2) is 11.2. The van der Waals surface area contributed by atoms with Crippen molar-refractivity contribution in [3.63, 3.8) is 0 Å². The summed E-state index contributed by atoms with van der Waals surface area (Å²) in [5.41, 5.74) is 2.42. The molecule has 12 heteroatoms. The third kappa shape index (κ3) is 6.02. The van der Waals surface area contributed by atoms with Crippen LogP contribution < -0.4 is 5.32 Å². The molecule has 9 nitrogen and oxygen atoms in total. The summed E-state index contributed by atoms with van der Waals surface area (Å²) in [7, 11) is 0. The highest BCUT2D eigenvalue weighted by atomic mass is 19.4. The Morgan fingerprint density at radius 3 is 2.56 bits per heavy atom. The number of allylic oxidation sites excluding steroid dienone is 1. The number of aromatic nitrogens is 6. The molecule has 1 fully saturated rings. The van der Waals surface area contributed by atoms with E-state index in [4.69, 9.17) is 0 Å². The maximum absolute atomic E-state index is 13.1. The minimum atomic E-state index is -4.48. The lowest BCUT2D eigenvalue weighted by Crippen LogP contribution is -2.41. The first-order valence-electron chi connectivity index (χ1n) is 13.4. The normalized spacial score (nSPS) is 19.3. The average Bonchev–Trinajstić information content (AvgIpc) is 3.68. The summed E-state index contributed by atoms with van der Waals surface area (Å²) in [4.78, 5) is 36.1. The monoisotopic (exact) mass is 560 g/mol. The first-order valence-corrected chi connectivity index (χ1v) is 13.4. The standard InChI is InChI=1S/C29H27F3N8O/c30-29(31,32)21-8-12-33-26(14-21)40-17-25(37-18-40)28(41)39-13-9-23(16-39)38-22-5-2-19(3-6-22)24-7-4-20(15-36-24)27-34-10-1-11-35-27/h1-2,4,7-8,10-12,14-15,17-18,22-23,38H,3,5-6,9,13,16H2/t22?,23-/m0/s1. The molecule has 1 N–H and O–H groups in total. The van der Waals surface area contributed by atoms with Crippen molar-refractivity contribution in [3.05, 3.63) is 90.7 Å². The van der Waals surface area contributed by atoms with Crippen LogP contribution in [0.3, 0.4) is 0 Å². The van der Waals surface area contributed by atoms with E-state index in [9.17, 15) is 18.0 Å². The number of amides is 1. The minimum absolute atomic E-state index is 0.0495. The number of pyridine rings is 2. The zero-order valence-electron chi connectivity index (χ0n) is 22.0. The Balaban J connectivity index is 1.02. The molecule has 4 aromatic heterocycles. The first kappa shape index (κ1) is 26.8. The number of nitrogens with one attached hydrogen (secondary N) is 1. The van der Waals surface area contributed by atoms with Gasteiger partial charge >= 0.3 is 6.18 Å². The Labute approximate surface area is 234 Å². The SMILES string of the molecule is O=C(c1cn(-c2cc(C(F)(F)F)ccn2)cn1)N1CC[C@H](NC2CC=C(c3ccc(-c4ncccn4)cn3)CC2)C1. The van der Waals surface area contributed by atoms with Crippen molar-refractivity contribution in [2.75, 3.05) is 13.1 Å². The van der Waals surface area contributed by atoms with Crippen molar-refractivity contribution in [1.82, 2.24) is 39.7 Å². The molecule has 5 heterocycles. The van der Waals surface area contributed by atoms with E-state index in [-0.39, 0.29) is 23.5 Å². The Kier molecular flexibility index (Phi) is 7.31. The molecule has 0 spiro atoms. The number of likely N-dealkylation sites (tertiary alicyclic amines) is 1. The Morgan fingerprint density at radius 2 is 1.83 bits per heavy atom. The molecule has 2 atom stereocenters. The summed E-state index contributed by atoms with van der Waals surface area (Å²) in [6.07, 6.45) is 10.4. The highest BCUT2D eigenvalue weighted by molar-refractivity contribution is 5.92. The molecule has 1 amide bonds. The average molecular weight is 561 g/mol. The van der Waals surface area contributed by atoms with E-state index in [1.54, 1.807) is 29.6 Å². The zero-order chi connectivity index (χ0) is 28.4. The zero-order valence-corrected chi connectivity index (χ0v) is 22.0. The van der Waals surface area contributed by atoms with E-state index in [0.29, 0.717) is 25.0 Å². The van der Waals surface area contributed by atoms with Gasteiger partial charge < -0.3 is 10.2 Å². The molecule has 0 bridgehead atoms. The largest absolute Gasteiger partial charge is 0.416 e. The molecule has 1 unspecified atom stereocenters. The number of carbonyl (C=O) groups excluding carboxylic acids is 1. The van der Waals surface area contributed by atoms with E-state index in [1.807, 2.05) is 12.1 Å². The van der Waals surface area contributed by atoms with Gasteiger partial charge in [-0.15, -0.1) is 0 Å². The van der Waals surface area contributed by atoms with E-state index < -0.39 is 11.7 Å². The van der Waals surface area contributed by atoms with E-state index >= 15 is 0 Å². The van der Waals surface area contributed by atoms with E-state index in [2.05, 4.69) is 36.3 Å². The lowest BCUT2D eigenvalue weighted by Gasteiger charge is -2.26. The maximum Gasteiger partial charge on any atom is 0.416 e. The van der Waals surface area contributed by atoms with Gasteiger partial charge in [0.15, 0.2) is 5.82 Å². The molecule has 2 aliphatic rings. The molecule has 0 saturated carbocycles. The van der Waals surface area contributed by atoms with Gasteiger partial charge in [0.05, 0.1) is 11.3 Å². The summed E-state index contributed by atoms with van der Waals surface area (Å²) >= 11 is 0. The molecule has 0 radical (unpaired) electrons. The number of hydrogen-bond acceptors (Lipinski definition) is 7. The fraction of sp³-hybridized carbons (Fsp3) is 0.310. The predicted octanol–water partition coefficient (Wildman–Crippen LogP) is 4.58. The van der Waals surface area contributed by atoms with Crippen LogP contribution in [0.4, 0.5) is 13.2 Å². The number of halogens is 3. The second-order valence-corrected chi connectivity index (χ2v) is 10.2. The van der Waals surface area contributed by atoms with Crippen LogP contribution in [-0.2, 0) is 6.18 Å². The summed E-state index contributed by atoms with van der Waals surface area (Å²) in [6.45, 7) is 1.13. The van der Waals surface area contributed by atoms with Crippen LogP contribution in [0.2, 0.25) is 0 Å². The summed E-state index contributed by atoms with van der Waals surface area (Å²) in [5, 5.41) is 3.69. The van der Waals surface area contributed by atoms with Crippen molar-refractivity contribution in [1.29, 1.82) is 0 Å².